The summed E-state index contributed by atoms with van der Waals surface area (Å²) in [5.41, 5.74) is -0.359. The molecule has 0 aliphatic carbocycles. The quantitative estimate of drug-likeness (QED) is 0.666. The number of carbonyl (C=O) groups is 1. The largest absolute Gasteiger partial charge is 0.462 e. The summed E-state index contributed by atoms with van der Waals surface area (Å²) in [5, 5.41) is 4.39. The maximum atomic E-state index is 13.5. The zero-order chi connectivity index (χ0) is 14.6. The van der Waals surface area contributed by atoms with Gasteiger partial charge in [0, 0.05) is 0 Å². The number of benzene rings is 1. The monoisotopic (exact) mass is 309 g/mol. The average molecular weight is 310 g/mol. The van der Waals surface area contributed by atoms with Crippen LogP contribution in [0.2, 0.25) is 5.02 Å². The fraction of sp³-hybridized carbons (Fsp3) is 0.364. The van der Waals surface area contributed by atoms with Crippen molar-refractivity contribution in [1.82, 2.24) is 0 Å². The number of rotatable bonds is 5. The van der Waals surface area contributed by atoms with Gasteiger partial charge in [0.05, 0.1) is 22.1 Å². The van der Waals surface area contributed by atoms with Crippen LogP contribution in [0.25, 0.3) is 0 Å². The standard InChI is InChI=1S/C11H13ClFNO4S/c1-2-3-4-18-11(15)8-5-7(19(14,16)17)6-9(13)10(8)12/h5-6H,2-4H2,1H3,(H2,14,16,17). The molecule has 0 spiro atoms. The van der Waals surface area contributed by atoms with Gasteiger partial charge in [0.15, 0.2) is 0 Å². The number of primary sulfonamides is 1. The third-order valence-corrected chi connectivity index (χ3v) is 3.56. The fourth-order valence-electron chi connectivity index (χ4n) is 1.26. The molecule has 0 aliphatic heterocycles. The Kier molecular flexibility index (Phi) is 5.28. The zero-order valence-corrected chi connectivity index (χ0v) is 11.7. The second-order valence-electron chi connectivity index (χ2n) is 3.80. The van der Waals surface area contributed by atoms with E-state index in [1.54, 1.807) is 0 Å². The normalized spacial score (nSPS) is 11.4. The van der Waals surface area contributed by atoms with Crippen molar-refractivity contribution < 1.29 is 22.3 Å². The Morgan fingerprint density at radius 3 is 2.63 bits per heavy atom. The predicted molar refractivity (Wildman–Crippen MR) is 68.0 cm³/mol. The number of carbonyl (C=O) groups excluding carboxylic acids is 1. The number of halogens is 2. The summed E-state index contributed by atoms with van der Waals surface area (Å²) in [5.74, 6) is -1.93. The fourth-order valence-corrected chi connectivity index (χ4v) is 2.00. The summed E-state index contributed by atoms with van der Waals surface area (Å²) in [6.45, 7) is 2.05. The maximum absolute atomic E-state index is 13.5. The van der Waals surface area contributed by atoms with E-state index < -0.39 is 31.7 Å². The van der Waals surface area contributed by atoms with Crippen LogP contribution in [-0.2, 0) is 14.8 Å². The topological polar surface area (TPSA) is 86.5 Å². The summed E-state index contributed by atoms with van der Waals surface area (Å²) in [7, 11) is -4.13. The molecule has 0 fully saturated rings. The lowest BCUT2D eigenvalue weighted by molar-refractivity contribution is 0.0499. The molecule has 5 nitrogen and oxygen atoms in total. The molecule has 0 aromatic heterocycles. The van der Waals surface area contributed by atoms with Gasteiger partial charge in [-0.1, -0.05) is 24.9 Å². The summed E-state index contributed by atoms with van der Waals surface area (Å²) in [4.78, 5) is 11.1. The number of esters is 1. The first-order valence-corrected chi connectivity index (χ1v) is 7.38. The van der Waals surface area contributed by atoms with Crippen molar-refractivity contribution in [2.24, 2.45) is 5.14 Å². The Morgan fingerprint density at radius 2 is 2.11 bits per heavy atom. The molecule has 0 amide bonds. The van der Waals surface area contributed by atoms with Crippen LogP contribution >= 0.6 is 11.6 Å². The van der Waals surface area contributed by atoms with Gasteiger partial charge < -0.3 is 4.74 Å². The zero-order valence-electron chi connectivity index (χ0n) is 10.2. The lowest BCUT2D eigenvalue weighted by Crippen LogP contribution is -2.15. The molecule has 0 radical (unpaired) electrons. The second kappa shape index (κ2) is 6.31. The molecule has 19 heavy (non-hydrogen) atoms. The first-order valence-electron chi connectivity index (χ1n) is 5.46. The molecule has 1 aromatic carbocycles. The second-order valence-corrected chi connectivity index (χ2v) is 5.74. The Labute approximate surface area is 115 Å². The van der Waals surface area contributed by atoms with Crippen molar-refractivity contribution in [3.8, 4) is 0 Å². The molecule has 106 valence electrons. The van der Waals surface area contributed by atoms with Crippen LogP contribution in [0.5, 0.6) is 0 Å². The van der Waals surface area contributed by atoms with Gasteiger partial charge in [0.2, 0.25) is 10.0 Å². The SMILES string of the molecule is CCCCOC(=O)c1cc(S(N)(=O)=O)cc(F)c1Cl. The van der Waals surface area contributed by atoms with Gasteiger partial charge >= 0.3 is 5.97 Å². The lowest BCUT2D eigenvalue weighted by atomic mass is 10.2. The van der Waals surface area contributed by atoms with E-state index in [-0.39, 0.29) is 12.2 Å². The minimum absolute atomic E-state index is 0.146. The Bertz CT molecular complexity index is 589. The third-order valence-electron chi connectivity index (χ3n) is 2.28. The molecule has 8 heteroatoms. The van der Waals surface area contributed by atoms with Gasteiger partial charge in [0.1, 0.15) is 5.82 Å². The Balaban J connectivity index is 3.13. The maximum Gasteiger partial charge on any atom is 0.339 e. The van der Waals surface area contributed by atoms with E-state index in [9.17, 15) is 17.6 Å². The molecule has 0 unspecified atom stereocenters. The highest BCUT2D eigenvalue weighted by molar-refractivity contribution is 7.89. The van der Waals surface area contributed by atoms with Gasteiger partial charge in [0.25, 0.3) is 0 Å². The first-order chi connectivity index (χ1) is 8.77. The molecule has 0 bridgehead atoms. The van der Waals surface area contributed by atoms with Crippen molar-refractivity contribution in [3.63, 3.8) is 0 Å². The Morgan fingerprint density at radius 1 is 1.47 bits per heavy atom. The van der Waals surface area contributed by atoms with Crippen molar-refractivity contribution >= 4 is 27.6 Å². The summed E-state index contributed by atoms with van der Waals surface area (Å²) in [6.07, 6.45) is 1.45. The third kappa shape index (κ3) is 4.15. The first kappa shape index (κ1) is 15.9. The number of sulfonamides is 1. The predicted octanol–water partition coefficient (Wildman–Crippen LogP) is 2.08. The van der Waals surface area contributed by atoms with Crippen molar-refractivity contribution in [3.05, 3.63) is 28.5 Å². The molecule has 2 N–H and O–H groups in total. The lowest BCUT2D eigenvalue weighted by Gasteiger charge is -2.08. The highest BCUT2D eigenvalue weighted by Crippen LogP contribution is 2.24. The Hall–Kier alpha value is -1.18. The van der Waals surface area contributed by atoms with Crippen LogP contribution in [0.3, 0.4) is 0 Å². The van der Waals surface area contributed by atoms with Crippen LogP contribution < -0.4 is 5.14 Å². The molecular formula is C11H13ClFNO4S. The highest BCUT2D eigenvalue weighted by Gasteiger charge is 2.20. The van der Waals surface area contributed by atoms with E-state index in [0.29, 0.717) is 12.5 Å². The van der Waals surface area contributed by atoms with Crippen molar-refractivity contribution in [1.29, 1.82) is 0 Å². The van der Waals surface area contributed by atoms with Crippen LogP contribution in [0, 0.1) is 5.82 Å². The van der Waals surface area contributed by atoms with Crippen LogP contribution in [0.15, 0.2) is 17.0 Å². The molecule has 0 heterocycles. The highest BCUT2D eigenvalue weighted by atomic mass is 35.5. The number of ether oxygens (including phenoxy) is 1. The van der Waals surface area contributed by atoms with Crippen molar-refractivity contribution in [2.75, 3.05) is 6.61 Å². The molecule has 0 saturated heterocycles. The van der Waals surface area contributed by atoms with Gasteiger partial charge in [-0.2, -0.15) is 0 Å². The van der Waals surface area contributed by atoms with Crippen molar-refractivity contribution in [2.45, 2.75) is 24.7 Å². The summed E-state index contributed by atoms with van der Waals surface area (Å²) < 4.78 is 40.6. The van der Waals surface area contributed by atoms with E-state index in [0.717, 1.165) is 12.5 Å². The average Bonchev–Trinajstić information content (AvgIpc) is 2.31. The number of hydrogen-bond acceptors (Lipinski definition) is 4. The summed E-state index contributed by atoms with van der Waals surface area (Å²) in [6, 6.07) is 1.55. The smallest absolute Gasteiger partial charge is 0.339 e. The van der Waals surface area contributed by atoms with Gasteiger partial charge in [-0.3, -0.25) is 0 Å². The minimum Gasteiger partial charge on any atom is -0.462 e. The molecule has 1 rings (SSSR count). The molecule has 0 aliphatic rings. The molecule has 1 aromatic rings. The summed E-state index contributed by atoms with van der Waals surface area (Å²) >= 11 is 5.61. The number of hydrogen-bond donors (Lipinski definition) is 1. The number of unbranched alkanes of at least 4 members (excludes halogenated alkanes) is 1. The van der Waals surface area contributed by atoms with Crippen LogP contribution in [0.1, 0.15) is 30.1 Å². The van der Waals surface area contributed by atoms with Crippen LogP contribution in [-0.4, -0.2) is 21.0 Å². The minimum atomic E-state index is -4.13. The van der Waals surface area contributed by atoms with E-state index in [1.807, 2.05) is 6.92 Å². The van der Waals surface area contributed by atoms with E-state index in [4.69, 9.17) is 21.5 Å². The van der Waals surface area contributed by atoms with Crippen LogP contribution in [0.4, 0.5) is 4.39 Å². The molecular weight excluding hydrogens is 297 g/mol. The van der Waals surface area contributed by atoms with E-state index >= 15 is 0 Å². The number of nitrogens with two attached hydrogens (primary N) is 1. The molecule has 0 atom stereocenters. The van der Waals surface area contributed by atoms with E-state index in [2.05, 4.69) is 0 Å². The van der Waals surface area contributed by atoms with Gasteiger partial charge in [-0.25, -0.2) is 22.7 Å². The molecule has 0 saturated carbocycles. The van der Waals surface area contributed by atoms with Gasteiger partial charge in [-0.05, 0) is 18.6 Å². The van der Waals surface area contributed by atoms with Gasteiger partial charge in [-0.15, -0.1) is 0 Å². The van der Waals surface area contributed by atoms with E-state index in [1.165, 1.54) is 0 Å².